The van der Waals surface area contributed by atoms with Crippen LogP contribution in [0.15, 0.2) is 35.3 Å². The topological polar surface area (TPSA) is 253 Å². The van der Waals surface area contributed by atoms with E-state index in [1.54, 1.807) is 37.3 Å². The summed E-state index contributed by atoms with van der Waals surface area (Å²) >= 11 is 0. The number of ether oxygens (including phenoxy) is 1. The number of nitrogens with zero attached hydrogens (tertiary/aromatic N) is 3. The van der Waals surface area contributed by atoms with Crippen LogP contribution < -0.4 is 22.1 Å². The summed E-state index contributed by atoms with van der Waals surface area (Å²) in [4.78, 5) is 72.8. The molecule has 0 aliphatic carbocycles. The number of guanidine groups is 1. The van der Waals surface area contributed by atoms with E-state index in [1.165, 1.54) is 0 Å². The molecule has 16 nitrogen and oxygen atoms in total. The molecule has 0 saturated heterocycles. The quantitative estimate of drug-likeness (QED) is 0.0421. The number of nitrogens with one attached hydrogen (secondary N) is 2. The number of nitrogens with two attached hydrogens (primary N) is 2. The highest BCUT2D eigenvalue weighted by molar-refractivity contribution is 7.52. The first-order valence-corrected chi connectivity index (χ1v) is 13.3. The Hall–Kier alpha value is -3.75. The molecule has 0 spiro atoms. The van der Waals surface area contributed by atoms with Crippen molar-refractivity contribution in [3.63, 3.8) is 0 Å². The highest BCUT2D eigenvalue weighted by Crippen LogP contribution is 2.39. The highest BCUT2D eigenvalue weighted by Gasteiger charge is 2.43. The summed E-state index contributed by atoms with van der Waals surface area (Å²) in [5.74, 6) is -4.35. The second kappa shape index (κ2) is 15.5. The average molecular weight is 560 g/mol. The number of hydrazine groups is 1. The predicted octanol–water partition coefficient (Wildman–Crippen LogP) is 0.164. The zero-order valence-corrected chi connectivity index (χ0v) is 22.0. The first-order valence-electron chi connectivity index (χ1n) is 11.6. The molecule has 8 N–H and O–H groups in total. The lowest BCUT2D eigenvalue weighted by Gasteiger charge is -2.27. The molecule has 1 aromatic carbocycles. The molecule has 3 amide bonds. The molecule has 0 fully saturated rings. The van der Waals surface area contributed by atoms with Gasteiger partial charge in [-0.05, 0) is 36.8 Å². The van der Waals surface area contributed by atoms with Gasteiger partial charge >= 0.3 is 19.6 Å². The highest BCUT2D eigenvalue weighted by atomic mass is 31.2. The second-order valence-corrected chi connectivity index (χ2v) is 10.2. The van der Waals surface area contributed by atoms with Gasteiger partial charge in [0.2, 0.25) is 5.91 Å². The van der Waals surface area contributed by atoms with Crippen LogP contribution in [0.1, 0.15) is 45.1 Å². The molecule has 0 aliphatic heterocycles. The SMILES string of the molecule is CCC[C@H](NC(=O)OCc1ccccc1)C(=O)N([C@@H](CCCN=C(N)N)C(=O)N[C@@H](C)P(=O)(O)O)[N+](=O)[O-]. The minimum atomic E-state index is -4.79. The van der Waals surface area contributed by atoms with Crippen molar-refractivity contribution in [1.29, 1.82) is 0 Å². The van der Waals surface area contributed by atoms with Gasteiger partial charge in [-0.15, -0.1) is 0 Å². The number of carbonyl (C=O) groups is 3. The van der Waals surface area contributed by atoms with Crippen molar-refractivity contribution < 1.29 is 38.5 Å². The van der Waals surface area contributed by atoms with Crippen LogP contribution in [0, 0.1) is 10.1 Å². The number of alkyl carbamates (subject to hydrolysis) is 1. The first kappa shape index (κ1) is 32.3. The summed E-state index contributed by atoms with van der Waals surface area (Å²) < 4.78 is 16.6. The van der Waals surface area contributed by atoms with Gasteiger partial charge in [0.15, 0.2) is 17.0 Å². The second-order valence-electron chi connectivity index (χ2n) is 8.21. The van der Waals surface area contributed by atoms with Gasteiger partial charge in [-0.3, -0.25) is 19.1 Å². The van der Waals surface area contributed by atoms with Crippen molar-refractivity contribution in [3.05, 3.63) is 46.0 Å². The van der Waals surface area contributed by atoms with Crippen LogP contribution in [0.25, 0.3) is 0 Å². The van der Waals surface area contributed by atoms with Gasteiger partial charge in [0.05, 0.1) is 0 Å². The molecular formula is C21H34N7O9P. The number of benzene rings is 1. The van der Waals surface area contributed by atoms with Crippen molar-refractivity contribution in [3.8, 4) is 0 Å². The number of hydrogen-bond donors (Lipinski definition) is 6. The van der Waals surface area contributed by atoms with E-state index < -0.39 is 48.4 Å². The van der Waals surface area contributed by atoms with Gasteiger partial charge in [0.1, 0.15) is 18.4 Å². The zero-order valence-electron chi connectivity index (χ0n) is 21.1. The fraction of sp³-hybridized carbons (Fsp3) is 0.524. The van der Waals surface area contributed by atoms with Crippen LogP contribution in [0.5, 0.6) is 0 Å². The van der Waals surface area contributed by atoms with Gasteiger partial charge in [0.25, 0.3) is 0 Å². The van der Waals surface area contributed by atoms with Gasteiger partial charge in [0, 0.05) is 6.54 Å². The van der Waals surface area contributed by atoms with E-state index in [9.17, 15) is 38.8 Å². The molecule has 3 atom stereocenters. The normalized spacial score (nSPS) is 13.4. The summed E-state index contributed by atoms with van der Waals surface area (Å²) in [7, 11) is -4.79. The molecule has 17 heteroatoms. The fourth-order valence-electron chi connectivity index (χ4n) is 3.20. The number of carbonyl (C=O) groups excluding carboxylic acids is 3. The minimum Gasteiger partial charge on any atom is -0.445 e. The molecule has 212 valence electrons. The lowest BCUT2D eigenvalue weighted by molar-refractivity contribution is -0.640. The van der Waals surface area contributed by atoms with Crippen LogP contribution in [0.4, 0.5) is 4.79 Å². The Morgan fingerprint density at radius 1 is 1.18 bits per heavy atom. The Morgan fingerprint density at radius 2 is 1.82 bits per heavy atom. The van der Waals surface area contributed by atoms with E-state index >= 15 is 0 Å². The molecule has 38 heavy (non-hydrogen) atoms. The van der Waals surface area contributed by atoms with E-state index in [0.717, 1.165) is 6.92 Å². The molecular weight excluding hydrogens is 525 g/mol. The molecule has 0 heterocycles. The maximum Gasteiger partial charge on any atom is 0.408 e. The molecule has 0 saturated carbocycles. The Morgan fingerprint density at radius 3 is 2.34 bits per heavy atom. The van der Waals surface area contributed by atoms with Crippen molar-refractivity contribution in [2.45, 2.75) is 64.0 Å². The lowest BCUT2D eigenvalue weighted by Crippen LogP contribution is -2.58. The van der Waals surface area contributed by atoms with Crippen molar-refractivity contribution in [1.82, 2.24) is 15.6 Å². The minimum absolute atomic E-state index is 0.00287. The van der Waals surface area contributed by atoms with Crippen LogP contribution >= 0.6 is 7.60 Å². The fourth-order valence-corrected chi connectivity index (χ4v) is 3.50. The molecule has 0 aromatic heterocycles. The third-order valence-corrected chi connectivity index (χ3v) is 6.30. The summed E-state index contributed by atoms with van der Waals surface area (Å²) in [6.07, 6.45) is -1.03. The summed E-state index contributed by atoms with van der Waals surface area (Å²) in [6, 6.07) is 5.43. The van der Waals surface area contributed by atoms with Crippen LogP contribution in [0.2, 0.25) is 0 Å². The van der Waals surface area contributed by atoms with Crippen LogP contribution in [0.3, 0.4) is 0 Å². The Balaban J connectivity index is 3.15. The number of amides is 3. The van der Waals surface area contributed by atoms with E-state index in [4.69, 9.17) is 16.2 Å². The molecule has 0 bridgehead atoms. The van der Waals surface area contributed by atoms with Crippen molar-refractivity contribution in [2.24, 2.45) is 16.5 Å². The van der Waals surface area contributed by atoms with E-state index in [0.29, 0.717) is 12.0 Å². The van der Waals surface area contributed by atoms with Gasteiger partial charge < -0.3 is 36.6 Å². The van der Waals surface area contributed by atoms with E-state index in [2.05, 4.69) is 10.3 Å². The van der Waals surface area contributed by atoms with Crippen molar-refractivity contribution in [2.75, 3.05) is 6.54 Å². The lowest BCUT2D eigenvalue weighted by atomic mass is 10.1. The summed E-state index contributed by atoms with van der Waals surface area (Å²) in [6.45, 7) is 2.53. The van der Waals surface area contributed by atoms with E-state index in [1.807, 2.05) is 5.32 Å². The first-order chi connectivity index (χ1) is 17.8. The summed E-state index contributed by atoms with van der Waals surface area (Å²) in [5, 5.41) is 15.2. The number of nitro groups is 1. The monoisotopic (exact) mass is 559 g/mol. The maximum absolute atomic E-state index is 13.3. The maximum atomic E-state index is 13.3. The standard InChI is InChI=1S/C21H34N7O9P/c1-3-8-16(26-21(31)37-13-15-9-5-4-6-10-15)19(30)27(28(32)33)17(11-7-12-24-20(22)23)18(29)25-14(2)38(34,35)36/h4-6,9-10,14,16-17H,3,7-8,11-13H2,1-2H3,(H,25,29)(H,26,31)(H4,22,23,24)(H2,34,35,36)/t14-,16+,17+/m1/s1. The molecule has 1 aromatic rings. The third kappa shape index (κ3) is 11.1. The average Bonchev–Trinajstić information content (AvgIpc) is 2.83. The molecule has 0 unspecified atom stereocenters. The Labute approximate surface area is 219 Å². The van der Waals surface area contributed by atoms with Crippen LogP contribution in [-0.4, -0.2) is 68.1 Å². The van der Waals surface area contributed by atoms with Gasteiger partial charge in [-0.1, -0.05) is 43.7 Å². The number of rotatable bonds is 15. The van der Waals surface area contributed by atoms with Crippen LogP contribution in [-0.2, 0) is 25.5 Å². The zero-order chi connectivity index (χ0) is 28.9. The smallest absolute Gasteiger partial charge is 0.408 e. The summed E-state index contributed by atoms with van der Waals surface area (Å²) in [5.41, 5.74) is 11.2. The Kier molecular flexibility index (Phi) is 13.2. The predicted molar refractivity (Wildman–Crippen MR) is 136 cm³/mol. The van der Waals surface area contributed by atoms with E-state index in [-0.39, 0.29) is 43.4 Å². The molecule has 0 radical (unpaired) electrons. The third-order valence-electron chi connectivity index (χ3n) is 5.17. The van der Waals surface area contributed by atoms with Crippen molar-refractivity contribution >= 4 is 31.5 Å². The van der Waals surface area contributed by atoms with Gasteiger partial charge in [-0.2, -0.15) is 0 Å². The largest absolute Gasteiger partial charge is 0.445 e. The van der Waals surface area contributed by atoms with Gasteiger partial charge in [-0.25, -0.2) is 14.9 Å². The number of aliphatic imine (C=N–C) groups is 1. The number of hydrogen-bond acceptors (Lipinski definition) is 8. The Bertz CT molecular complexity index is 1030. The molecule has 0 aliphatic rings. The molecule has 1 rings (SSSR count).